The third-order valence-electron chi connectivity index (χ3n) is 4.54. The van der Waals surface area contributed by atoms with Crippen molar-refractivity contribution in [3.8, 4) is 11.5 Å². The van der Waals surface area contributed by atoms with E-state index in [0.29, 0.717) is 11.3 Å². The van der Waals surface area contributed by atoms with Crippen molar-refractivity contribution in [3.05, 3.63) is 48.0 Å². The predicted molar refractivity (Wildman–Crippen MR) is 110 cm³/mol. The first-order valence-corrected chi connectivity index (χ1v) is 10.9. The Morgan fingerprint density at radius 2 is 1.87 bits per heavy atom. The number of alkyl halides is 2. The van der Waals surface area contributed by atoms with Crippen LogP contribution in [0.3, 0.4) is 0 Å². The van der Waals surface area contributed by atoms with Gasteiger partial charge in [-0.2, -0.15) is 8.78 Å². The zero-order chi connectivity index (χ0) is 22.6. The highest BCUT2D eigenvalue weighted by atomic mass is 32.2. The molecule has 0 spiro atoms. The molecule has 3 rings (SSSR count). The molecular formula is C20H23F2N3O5S. The topological polar surface area (TPSA) is 97.0 Å². The van der Waals surface area contributed by atoms with Crippen molar-refractivity contribution in [1.29, 1.82) is 0 Å². The van der Waals surface area contributed by atoms with E-state index >= 15 is 0 Å². The molecule has 1 fully saturated rings. The summed E-state index contributed by atoms with van der Waals surface area (Å²) in [5, 5.41) is 2.65. The monoisotopic (exact) mass is 455 g/mol. The normalized spacial score (nSPS) is 13.7. The van der Waals surface area contributed by atoms with Crippen LogP contribution in [0.4, 0.5) is 19.3 Å². The van der Waals surface area contributed by atoms with Crippen LogP contribution in [-0.4, -0.2) is 46.2 Å². The predicted octanol–water partition coefficient (Wildman–Crippen LogP) is 3.40. The Morgan fingerprint density at radius 1 is 1.19 bits per heavy atom. The largest absolute Gasteiger partial charge is 0.495 e. The fourth-order valence-electron chi connectivity index (χ4n) is 2.77. The number of hydrogen-bond donors (Lipinski definition) is 2. The van der Waals surface area contributed by atoms with Crippen molar-refractivity contribution in [2.75, 3.05) is 19.5 Å². The van der Waals surface area contributed by atoms with Crippen LogP contribution in [0.1, 0.15) is 18.4 Å². The Hall–Kier alpha value is -2.92. The van der Waals surface area contributed by atoms with Gasteiger partial charge in [-0.15, -0.1) is 0 Å². The number of amides is 2. The summed E-state index contributed by atoms with van der Waals surface area (Å²) in [7, 11) is -0.744. The Morgan fingerprint density at radius 3 is 2.45 bits per heavy atom. The van der Waals surface area contributed by atoms with Crippen molar-refractivity contribution in [1.82, 2.24) is 9.62 Å². The van der Waals surface area contributed by atoms with Crippen molar-refractivity contribution < 1.29 is 31.5 Å². The van der Waals surface area contributed by atoms with E-state index in [9.17, 15) is 22.0 Å². The Balaban J connectivity index is 1.68. The summed E-state index contributed by atoms with van der Waals surface area (Å²) in [4.78, 5) is 14.0. The second kappa shape index (κ2) is 9.48. The van der Waals surface area contributed by atoms with Crippen LogP contribution >= 0.6 is 0 Å². The molecule has 1 aliphatic carbocycles. The summed E-state index contributed by atoms with van der Waals surface area (Å²) in [6, 6.07) is 9.58. The molecule has 0 heterocycles. The lowest BCUT2D eigenvalue weighted by Crippen LogP contribution is -2.31. The number of sulfonamides is 1. The Kier molecular flexibility index (Phi) is 6.96. The third kappa shape index (κ3) is 6.28. The fraction of sp³-hybridized carbons (Fsp3) is 0.350. The number of benzene rings is 2. The van der Waals surface area contributed by atoms with Crippen LogP contribution in [0, 0.1) is 0 Å². The number of hydrogen-bond acceptors (Lipinski definition) is 5. The van der Waals surface area contributed by atoms with Crippen LogP contribution in [0.2, 0.25) is 0 Å². The van der Waals surface area contributed by atoms with Gasteiger partial charge in [0.05, 0.1) is 17.7 Å². The van der Waals surface area contributed by atoms with Gasteiger partial charge >= 0.3 is 12.6 Å². The number of carbonyl (C=O) groups is 1. The first-order valence-electron chi connectivity index (χ1n) is 9.44. The van der Waals surface area contributed by atoms with E-state index in [4.69, 9.17) is 4.74 Å². The standard InChI is InChI=1S/C20H23F2N3O5S/c1-25(12-13-3-7-15(8-4-13)30-19(21)22)20(26)23-17-11-16(9-10-18(17)29-2)31(27,28)24-14-5-6-14/h3-4,7-11,14,19,24H,5-6,12H2,1-2H3,(H,23,26). The van der Waals surface area contributed by atoms with Gasteiger partial charge in [0.15, 0.2) is 0 Å². The van der Waals surface area contributed by atoms with Gasteiger partial charge in [-0.25, -0.2) is 17.9 Å². The molecule has 2 N–H and O–H groups in total. The fourth-order valence-corrected chi connectivity index (χ4v) is 4.10. The minimum atomic E-state index is -3.70. The molecule has 0 aliphatic heterocycles. The molecule has 2 aromatic carbocycles. The maximum atomic E-state index is 12.6. The lowest BCUT2D eigenvalue weighted by Gasteiger charge is -2.20. The van der Waals surface area contributed by atoms with Crippen molar-refractivity contribution in [3.63, 3.8) is 0 Å². The smallest absolute Gasteiger partial charge is 0.387 e. The van der Waals surface area contributed by atoms with E-state index in [-0.39, 0.29) is 28.9 Å². The summed E-state index contributed by atoms with van der Waals surface area (Å²) < 4.78 is 61.5. The summed E-state index contributed by atoms with van der Waals surface area (Å²) in [5.74, 6) is 0.328. The number of halogens is 2. The maximum absolute atomic E-state index is 12.6. The minimum absolute atomic E-state index is 0.0211. The molecule has 11 heteroatoms. The molecule has 31 heavy (non-hydrogen) atoms. The number of nitrogens with zero attached hydrogens (tertiary/aromatic N) is 1. The summed E-state index contributed by atoms with van der Waals surface area (Å²) in [6.45, 7) is -2.72. The number of methoxy groups -OCH3 is 1. The molecule has 0 atom stereocenters. The average molecular weight is 455 g/mol. The second-order valence-electron chi connectivity index (χ2n) is 7.07. The molecule has 2 amide bonds. The average Bonchev–Trinajstić information content (AvgIpc) is 3.52. The van der Waals surface area contributed by atoms with E-state index in [1.54, 1.807) is 19.2 Å². The second-order valence-corrected chi connectivity index (χ2v) is 8.78. The molecule has 168 valence electrons. The van der Waals surface area contributed by atoms with E-state index in [1.165, 1.54) is 42.3 Å². The number of anilines is 1. The van der Waals surface area contributed by atoms with E-state index in [0.717, 1.165) is 12.8 Å². The summed E-state index contributed by atoms with van der Waals surface area (Å²) in [6.07, 6.45) is 1.61. The minimum Gasteiger partial charge on any atom is -0.495 e. The van der Waals surface area contributed by atoms with Gasteiger partial charge in [0.1, 0.15) is 11.5 Å². The van der Waals surface area contributed by atoms with Gasteiger partial charge < -0.3 is 19.7 Å². The van der Waals surface area contributed by atoms with E-state index < -0.39 is 22.7 Å². The van der Waals surface area contributed by atoms with Crippen LogP contribution in [0.25, 0.3) is 0 Å². The maximum Gasteiger partial charge on any atom is 0.387 e. The molecule has 0 saturated heterocycles. The van der Waals surface area contributed by atoms with Gasteiger partial charge in [0.2, 0.25) is 10.0 Å². The number of carbonyl (C=O) groups excluding carboxylic acids is 1. The SMILES string of the molecule is COc1ccc(S(=O)(=O)NC2CC2)cc1NC(=O)N(C)Cc1ccc(OC(F)F)cc1. The molecule has 0 radical (unpaired) electrons. The molecule has 1 aliphatic rings. The quantitative estimate of drug-likeness (QED) is 0.604. The number of ether oxygens (including phenoxy) is 2. The van der Waals surface area contributed by atoms with E-state index in [1.807, 2.05) is 0 Å². The van der Waals surface area contributed by atoms with Gasteiger partial charge in [-0.05, 0) is 48.7 Å². The zero-order valence-corrected chi connectivity index (χ0v) is 17.8. The highest BCUT2D eigenvalue weighted by Gasteiger charge is 2.28. The number of nitrogens with one attached hydrogen (secondary N) is 2. The van der Waals surface area contributed by atoms with Crippen molar-refractivity contribution in [2.45, 2.75) is 36.9 Å². The number of urea groups is 1. The van der Waals surface area contributed by atoms with Crippen LogP contribution in [0.15, 0.2) is 47.4 Å². The summed E-state index contributed by atoms with van der Waals surface area (Å²) >= 11 is 0. The summed E-state index contributed by atoms with van der Waals surface area (Å²) in [5.41, 5.74) is 0.898. The Bertz CT molecular complexity index is 1030. The van der Waals surface area contributed by atoms with Gasteiger partial charge in [-0.1, -0.05) is 12.1 Å². The van der Waals surface area contributed by atoms with Gasteiger partial charge in [-0.3, -0.25) is 0 Å². The van der Waals surface area contributed by atoms with Gasteiger partial charge in [0, 0.05) is 19.6 Å². The van der Waals surface area contributed by atoms with Crippen molar-refractivity contribution in [2.24, 2.45) is 0 Å². The lowest BCUT2D eigenvalue weighted by atomic mass is 10.2. The van der Waals surface area contributed by atoms with Crippen LogP contribution in [-0.2, 0) is 16.6 Å². The first-order chi connectivity index (χ1) is 14.7. The van der Waals surface area contributed by atoms with E-state index in [2.05, 4.69) is 14.8 Å². The molecule has 0 aromatic heterocycles. The molecule has 1 saturated carbocycles. The van der Waals surface area contributed by atoms with Gasteiger partial charge in [0.25, 0.3) is 0 Å². The zero-order valence-electron chi connectivity index (χ0n) is 17.0. The highest BCUT2D eigenvalue weighted by Crippen LogP contribution is 2.29. The van der Waals surface area contributed by atoms with Crippen LogP contribution < -0.4 is 19.5 Å². The third-order valence-corrected chi connectivity index (χ3v) is 6.06. The van der Waals surface area contributed by atoms with Crippen LogP contribution in [0.5, 0.6) is 11.5 Å². The lowest BCUT2D eigenvalue weighted by molar-refractivity contribution is -0.0498. The molecule has 0 bridgehead atoms. The highest BCUT2D eigenvalue weighted by molar-refractivity contribution is 7.89. The first kappa shape index (κ1) is 22.8. The molecule has 8 nitrogen and oxygen atoms in total. The number of rotatable bonds is 9. The molecular weight excluding hydrogens is 432 g/mol. The molecule has 2 aromatic rings. The van der Waals surface area contributed by atoms with Crippen molar-refractivity contribution >= 4 is 21.7 Å². The molecule has 0 unspecified atom stereocenters. The Labute approximate surface area is 179 Å².